The van der Waals surface area contributed by atoms with Gasteiger partial charge in [0.1, 0.15) is 0 Å². The second kappa shape index (κ2) is 7.54. The first-order valence-electron chi connectivity index (χ1n) is 10.9. The quantitative estimate of drug-likeness (QED) is 0.795. The number of hydrogen-bond acceptors (Lipinski definition) is 4. The highest BCUT2D eigenvalue weighted by molar-refractivity contribution is 5.87. The summed E-state index contributed by atoms with van der Waals surface area (Å²) in [5, 5.41) is 14.8. The molecule has 2 saturated carbocycles. The molecule has 3 aliphatic rings. The zero-order valence-corrected chi connectivity index (χ0v) is 16.7. The molecule has 5 nitrogen and oxygen atoms in total. The van der Waals surface area contributed by atoms with E-state index >= 15 is 0 Å². The molecule has 152 valence electrons. The first kappa shape index (κ1) is 18.8. The van der Waals surface area contributed by atoms with Gasteiger partial charge < -0.3 is 10.4 Å². The number of aromatic nitrogens is 1. The van der Waals surface area contributed by atoms with E-state index in [1.807, 2.05) is 42.7 Å². The molecule has 1 aromatic heterocycles. The maximum absolute atomic E-state index is 13.3. The van der Waals surface area contributed by atoms with Crippen LogP contribution in [0, 0.1) is 17.8 Å². The van der Waals surface area contributed by atoms with E-state index in [0.717, 1.165) is 50.9 Å². The number of carbonyl (C=O) groups excluding carboxylic acids is 1. The lowest BCUT2D eigenvalue weighted by Gasteiger charge is -2.33. The number of hydrogen-bond donors (Lipinski definition) is 2. The number of fused-ring (bicyclic) bond motifs is 1. The number of piperidine rings is 1. The van der Waals surface area contributed by atoms with Crippen LogP contribution in [-0.2, 0) is 16.9 Å². The van der Waals surface area contributed by atoms with Crippen molar-refractivity contribution in [2.24, 2.45) is 17.8 Å². The molecular weight excluding hydrogens is 362 g/mol. The molecule has 29 heavy (non-hydrogen) atoms. The predicted octanol–water partition coefficient (Wildman–Crippen LogP) is 2.71. The van der Waals surface area contributed by atoms with Crippen LogP contribution in [0.25, 0.3) is 0 Å². The fourth-order valence-corrected chi connectivity index (χ4v) is 5.55. The fourth-order valence-electron chi connectivity index (χ4n) is 5.55. The maximum atomic E-state index is 13.3. The Labute approximate surface area is 172 Å². The van der Waals surface area contributed by atoms with Crippen LogP contribution in [0.3, 0.4) is 0 Å². The van der Waals surface area contributed by atoms with E-state index < -0.39 is 5.60 Å². The lowest BCUT2D eigenvalue weighted by atomic mass is 9.79. The van der Waals surface area contributed by atoms with Crippen LogP contribution in [0.4, 0.5) is 0 Å². The minimum atomic E-state index is -1.41. The molecule has 0 spiro atoms. The Balaban J connectivity index is 1.24. The summed E-state index contributed by atoms with van der Waals surface area (Å²) in [5.74, 6) is 0.816. The summed E-state index contributed by atoms with van der Waals surface area (Å²) in [7, 11) is 0. The second-order valence-corrected chi connectivity index (χ2v) is 8.99. The second-order valence-electron chi connectivity index (χ2n) is 8.99. The minimum absolute atomic E-state index is 0.00618. The predicted molar refractivity (Wildman–Crippen MR) is 111 cm³/mol. The van der Waals surface area contributed by atoms with E-state index in [9.17, 15) is 9.90 Å². The molecule has 0 bridgehead atoms. The van der Waals surface area contributed by atoms with Gasteiger partial charge >= 0.3 is 0 Å². The van der Waals surface area contributed by atoms with Crippen molar-refractivity contribution in [2.75, 3.05) is 13.1 Å². The smallest absolute Gasteiger partial charge is 0.257 e. The molecule has 2 aliphatic carbocycles. The molecule has 0 radical (unpaired) electrons. The number of likely N-dealkylation sites (tertiary alicyclic amines) is 1. The van der Waals surface area contributed by atoms with Gasteiger partial charge in [-0.15, -0.1) is 0 Å². The standard InChI is InChI=1S/C24H29N3O2/c28-23(24(29,19-8-4-5-9-19)18-6-2-1-3-7-18)26-22-20-15-27(16-21(20)22)14-17-10-12-25-13-11-17/h1-3,6-7,10-13,19-22,29H,4-5,8-9,14-16H2,(H,26,28)/t20-,21?,22+,24?/m0/s1. The van der Waals surface area contributed by atoms with Crippen molar-refractivity contribution in [3.8, 4) is 0 Å². The van der Waals surface area contributed by atoms with Gasteiger partial charge in [0.2, 0.25) is 0 Å². The van der Waals surface area contributed by atoms with Crippen LogP contribution in [0.2, 0.25) is 0 Å². The number of nitrogens with one attached hydrogen (secondary N) is 1. The van der Waals surface area contributed by atoms with Crippen molar-refractivity contribution in [1.29, 1.82) is 0 Å². The van der Waals surface area contributed by atoms with Crippen LogP contribution in [0.5, 0.6) is 0 Å². The van der Waals surface area contributed by atoms with Crippen molar-refractivity contribution < 1.29 is 9.90 Å². The Hall–Kier alpha value is -2.24. The Kier molecular flexibility index (Phi) is 4.88. The average molecular weight is 392 g/mol. The van der Waals surface area contributed by atoms with Crippen LogP contribution < -0.4 is 5.32 Å². The summed E-state index contributed by atoms with van der Waals surface area (Å²) in [5.41, 5.74) is 0.599. The Morgan fingerprint density at radius 3 is 2.38 bits per heavy atom. The Bertz CT molecular complexity index is 841. The highest BCUT2D eigenvalue weighted by Crippen LogP contribution is 2.47. The van der Waals surface area contributed by atoms with Crippen LogP contribution in [0.1, 0.15) is 36.8 Å². The highest BCUT2D eigenvalue weighted by atomic mass is 16.3. The molecule has 4 atom stereocenters. The maximum Gasteiger partial charge on any atom is 0.257 e. The van der Waals surface area contributed by atoms with Crippen molar-refractivity contribution in [3.05, 3.63) is 66.0 Å². The van der Waals surface area contributed by atoms with Gasteiger partial charge in [-0.25, -0.2) is 0 Å². The van der Waals surface area contributed by atoms with Crippen molar-refractivity contribution in [3.63, 3.8) is 0 Å². The van der Waals surface area contributed by atoms with Gasteiger partial charge in [-0.1, -0.05) is 43.2 Å². The molecule has 2 heterocycles. The summed E-state index contributed by atoms with van der Waals surface area (Å²) in [6.07, 6.45) is 7.68. The zero-order chi connectivity index (χ0) is 19.8. The monoisotopic (exact) mass is 391 g/mol. The number of nitrogens with zero attached hydrogens (tertiary/aromatic N) is 2. The zero-order valence-electron chi connectivity index (χ0n) is 16.7. The summed E-state index contributed by atoms with van der Waals surface area (Å²) < 4.78 is 0. The Morgan fingerprint density at radius 2 is 1.72 bits per heavy atom. The third kappa shape index (κ3) is 3.47. The third-order valence-corrected chi connectivity index (χ3v) is 7.23. The molecule has 2 unspecified atom stereocenters. The number of aliphatic hydroxyl groups is 1. The number of carbonyl (C=O) groups is 1. The molecule has 3 fully saturated rings. The largest absolute Gasteiger partial charge is 0.375 e. The van der Waals surface area contributed by atoms with E-state index in [1.165, 1.54) is 5.56 Å². The van der Waals surface area contributed by atoms with Gasteiger partial charge in [-0.05, 0) is 47.9 Å². The summed E-state index contributed by atoms with van der Waals surface area (Å²) in [6.45, 7) is 2.95. The van der Waals surface area contributed by atoms with Crippen molar-refractivity contribution in [1.82, 2.24) is 15.2 Å². The molecule has 1 amide bonds. The molecule has 1 aromatic carbocycles. The lowest BCUT2D eigenvalue weighted by Crippen LogP contribution is -2.50. The van der Waals surface area contributed by atoms with Gasteiger partial charge in [-0.3, -0.25) is 14.7 Å². The van der Waals surface area contributed by atoms with Gasteiger partial charge in [-0.2, -0.15) is 0 Å². The molecule has 5 rings (SSSR count). The van der Waals surface area contributed by atoms with Gasteiger partial charge in [0.15, 0.2) is 5.60 Å². The number of rotatable bonds is 6. The van der Waals surface area contributed by atoms with Crippen LogP contribution >= 0.6 is 0 Å². The molecular formula is C24H29N3O2. The fraction of sp³-hybridized carbons (Fsp3) is 0.500. The van der Waals surface area contributed by atoms with E-state index in [0.29, 0.717) is 11.8 Å². The first-order chi connectivity index (χ1) is 14.2. The first-order valence-corrected chi connectivity index (χ1v) is 10.9. The Morgan fingerprint density at radius 1 is 1.07 bits per heavy atom. The van der Waals surface area contributed by atoms with Gasteiger partial charge in [0.05, 0.1) is 0 Å². The normalized spacial score (nSPS) is 28.7. The number of amides is 1. The van der Waals surface area contributed by atoms with E-state index in [1.54, 1.807) is 0 Å². The SMILES string of the molecule is O=C(N[C@H]1C2CN(Cc3ccncc3)C[C@@H]21)C(O)(c1ccccc1)C1CCCC1. The third-order valence-electron chi connectivity index (χ3n) is 7.23. The van der Waals surface area contributed by atoms with Crippen molar-refractivity contribution >= 4 is 5.91 Å². The number of pyridine rings is 1. The average Bonchev–Trinajstić information content (AvgIpc) is 3.18. The molecule has 5 heteroatoms. The van der Waals surface area contributed by atoms with Crippen LogP contribution in [-0.4, -0.2) is 40.0 Å². The van der Waals surface area contributed by atoms with E-state index in [4.69, 9.17) is 0 Å². The van der Waals surface area contributed by atoms with E-state index in [2.05, 4.69) is 27.3 Å². The summed E-state index contributed by atoms with van der Waals surface area (Å²) in [4.78, 5) is 19.9. The molecule has 2 aromatic rings. The highest BCUT2D eigenvalue weighted by Gasteiger charge is 2.58. The summed E-state index contributed by atoms with van der Waals surface area (Å²) in [6, 6.07) is 13.9. The topological polar surface area (TPSA) is 65.5 Å². The number of benzene rings is 1. The molecule has 2 N–H and O–H groups in total. The minimum Gasteiger partial charge on any atom is -0.375 e. The van der Waals surface area contributed by atoms with Gasteiger partial charge in [0.25, 0.3) is 5.91 Å². The van der Waals surface area contributed by atoms with Crippen molar-refractivity contribution in [2.45, 2.75) is 43.9 Å². The van der Waals surface area contributed by atoms with Gasteiger partial charge in [0, 0.05) is 44.0 Å². The lowest BCUT2D eigenvalue weighted by molar-refractivity contribution is -0.147. The van der Waals surface area contributed by atoms with Crippen LogP contribution in [0.15, 0.2) is 54.9 Å². The van der Waals surface area contributed by atoms with E-state index in [-0.39, 0.29) is 17.9 Å². The summed E-state index contributed by atoms with van der Waals surface area (Å²) >= 11 is 0. The molecule has 1 saturated heterocycles. The molecule has 1 aliphatic heterocycles.